The van der Waals surface area contributed by atoms with Gasteiger partial charge in [0.1, 0.15) is 10.6 Å². The van der Waals surface area contributed by atoms with Crippen LogP contribution in [0.5, 0.6) is 5.75 Å². The standard InChI is InChI=1S/C17H25N3O7S2/c1-13(19-6-8-27-9-7-19)12-18-29(24,25)16-11-14(3-4-15(16)26-2)20-17(21)5-10-28(20,22)23/h3-4,11,13,18H,5-10,12H2,1-2H3/t13-/m1/s1. The lowest BCUT2D eigenvalue weighted by molar-refractivity contribution is -0.116. The van der Waals surface area contributed by atoms with Gasteiger partial charge >= 0.3 is 0 Å². The molecule has 0 saturated carbocycles. The number of methoxy groups -OCH3 is 1. The summed E-state index contributed by atoms with van der Waals surface area (Å²) in [6.45, 7) is 4.72. The normalized spacial score (nSPS) is 21.3. The first-order valence-electron chi connectivity index (χ1n) is 9.21. The lowest BCUT2D eigenvalue weighted by Crippen LogP contribution is -2.47. The molecular formula is C17H25N3O7S2. The molecular weight excluding hydrogens is 422 g/mol. The molecule has 2 heterocycles. The van der Waals surface area contributed by atoms with Gasteiger partial charge in [-0.15, -0.1) is 0 Å². The van der Waals surface area contributed by atoms with Crippen molar-refractivity contribution in [2.75, 3.05) is 50.0 Å². The average Bonchev–Trinajstić information content (AvgIpc) is 2.98. The highest BCUT2D eigenvalue weighted by Crippen LogP contribution is 2.32. The van der Waals surface area contributed by atoms with E-state index in [4.69, 9.17) is 9.47 Å². The van der Waals surface area contributed by atoms with E-state index in [9.17, 15) is 21.6 Å². The van der Waals surface area contributed by atoms with Crippen molar-refractivity contribution in [2.45, 2.75) is 24.3 Å². The van der Waals surface area contributed by atoms with Crippen molar-refractivity contribution in [2.24, 2.45) is 0 Å². The van der Waals surface area contributed by atoms with Crippen molar-refractivity contribution in [3.63, 3.8) is 0 Å². The Hall–Kier alpha value is -1.73. The second-order valence-electron chi connectivity index (χ2n) is 6.91. The van der Waals surface area contributed by atoms with E-state index in [2.05, 4.69) is 9.62 Å². The molecule has 0 unspecified atom stereocenters. The SMILES string of the molecule is COc1ccc(N2C(=O)CCS2(=O)=O)cc1S(=O)(=O)NC[C@@H](C)N1CCOCC1. The molecule has 1 N–H and O–H groups in total. The second-order valence-corrected chi connectivity index (χ2v) is 10.6. The fraction of sp³-hybridized carbons (Fsp3) is 0.588. The van der Waals surface area contributed by atoms with Gasteiger partial charge in [0, 0.05) is 32.1 Å². The van der Waals surface area contributed by atoms with Crippen LogP contribution in [0.3, 0.4) is 0 Å². The molecule has 0 bridgehead atoms. The Balaban J connectivity index is 1.84. The molecule has 2 saturated heterocycles. The van der Waals surface area contributed by atoms with E-state index in [1.807, 2.05) is 6.92 Å². The number of hydrogen-bond donors (Lipinski definition) is 1. The van der Waals surface area contributed by atoms with Crippen LogP contribution in [0.2, 0.25) is 0 Å². The molecule has 2 aliphatic heterocycles. The summed E-state index contributed by atoms with van der Waals surface area (Å²) in [5.74, 6) is -0.827. The number of nitrogens with one attached hydrogen (secondary N) is 1. The van der Waals surface area contributed by atoms with Gasteiger partial charge in [-0.1, -0.05) is 0 Å². The number of hydrogen-bond acceptors (Lipinski definition) is 8. The Morgan fingerprint density at radius 2 is 1.97 bits per heavy atom. The molecule has 1 amide bonds. The first-order valence-corrected chi connectivity index (χ1v) is 12.3. The number of carbonyl (C=O) groups is 1. The third kappa shape index (κ3) is 4.72. The molecule has 0 aromatic heterocycles. The van der Waals surface area contributed by atoms with Gasteiger partial charge in [-0.2, -0.15) is 0 Å². The number of sulfonamides is 2. The highest BCUT2D eigenvalue weighted by atomic mass is 32.2. The largest absolute Gasteiger partial charge is 0.495 e. The van der Waals surface area contributed by atoms with Crippen LogP contribution < -0.4 is 13.8 Å². The predicted molar refractivity (Wildman–Crippen MR) is 106 cm³/mol. The molecule has 10 nitrogen and oxygen atoms in total. The van der Waals surface area contributed by atoms with Crippen LogP contribution in [0.4, 0.5) is 5.69 Å². The molecule has 29 heavy (non-hydrogen) atoms. The number of carbonyl (C=O) groups excluding carboxylic acids is 1. The molecule has 2 aliphatic rings. The third-order valence-corrected chi connectivity index (χ3v) is 8.12. The number of anilines is 1. The highest BCUT2D eigenvalue weighted by molar-refractivity contribution is 7.94. The molecule has 2 fully saturated rings. The Bertz CT molecular complexity index is 973. The summed E-state index contributed by atoms with van der Waals surface area (Å²) in [5.41, 5.74) is -0.0186. The van der Waals surface area contributed by atoms with E-state index in [0.29, 0.717) is 17.5 Å². The smallest absolute Gasteiger partial charge is 0.244 e. The summed E-state index contributed by atoms with van der Waals surface area (Å²) in [4.78, 5) is 13.9. The van der Waals surface area contributed by atoms with Crippen LogP contribution in [0.15, 0.2) is 23.1 Å². The van der Waals surface area contributed by atoms with Crippen molar-refractivity contribution >= 4 is 31.6 Å². The first kappa shape index (κ1) is 22.0. The van der Waals surface area contributed by atoms with E-state index in [-0.39, 0.29) is 41.1 Å². The molecule has 0 aliphatic carbocycles. The number of nitrogens with zero attached hydrogens (tertiary/aromatic N) is 2. The zero-order valence-electron chi connectivity index (χ0n) is 16.3. The topological polar surface area (TPSA) is 122 Å². The van der Waals surface area contributed by atoms with Gasteiger partial charge in [-0.3, -0.25) is 9.69 Å². The van der Waals surface area contributed by atoms with Crippen molar-refractivity contribution in [1.29, 1.82) is 0 Å². The predicted octanol–water partition coefficient (Wildman–Crippen LogP) is -0.239. The Morgan fingerprint density at radius 3 is 2.55 bits per heavy atom. The molecule has 0 spiro atoms. The maximum Gasteiger partial charge on any atom is 0.244 e. The number of ether oxygens (including phenoxy) is 2. The van der Waals surface area contributed by atoms with E-state index < -0.39 is 26.0 Å². The molecule has 0 radical (unpaired) electrons. The van der Waals surface area contributed by atoms with Crippen LogP contribution in [0.25, 0.3) is 0 Å². The number of rotatable bonds is 7. The van der Waals surface area contributed by atoms with E-state index in [0.717, 1.165) is 19.2 Å². The molecule has 1 atom stereocenters. The van der Waals surface area contributed by atoms with Gasteiger partial charge < -0.3 is 9.47 Å². The number of morpholine rings is 1. The van der Waals surface area contributed by atoms with Crippen LogP contribution in [0, 0.1) is 0 Å². The fourth-order valence-corrected chi connectivity index (χ4v) is 6.09. The summed E-state index contributed by atoms with van der Waals surface area (Å²) < 4.78 is 63.9. The van der Waals surface area contributed by atoms with Crippen molar-refractivity contribution < 1.29 is 31.1 Å². The van der Waals surface area contributed by atoms with Crippen molar-refractivity contribution in [3.05, 3.63) is 18.2 Å². The first-order chi connectivity index (χ1) is 13.7. The molecule has 12 heteroatoms. The van der Waals surface area contributed by atoms with Crippen LogP contribution in [-0.4, -0.2) is 79.4 Å². The van der Waals surface area contributed by atoms with Crippen molar-refractivity contribution in [1.82, 2.24) is 9.62 Å². The summed E-state index contributed by atoms with van der Waals surface area (Å²) in [7, 11) is -6.49. The highest BCUT2D eigenvalue weighted by Gasteiger charge is 2.37. The van der Waals surface area contributed by atoms with E-state index in [1.54, 1.807) is 0 Å². The van der Waals surface area contributed by atoms with Gasteiger partial charge in [0.25, 0.3) is 0 Å². The fourth-order valence-electron chi connectivity index (χ4n) is 3.33. The molecule has 162 valence electrons. The maximum absolute atomic E-state index is 12.9. The van der Waals surface area contributed by atoms with Crippen LogP contribution in [-0.2, 0) is 29.6 Å². The minimum Gasteiger partial charge on any atom is -0.495 e. The number of benzene rings is 1. The maximum atomic E-state index is 12.9. The third-order valence-electron chi connectivity index (χ3n) is 4.99. The zero-order valence-corrected chi connectivity index (χ0v) is 18.0. The van der Waals surface area contributed by atoms with E-state index in [1.165, 1.54) is 19.2 Å². The lowest BCUT2D eigenvalue weighted by atomic mass is 10.2. The molecule has 1 aromatic rings. The Kier molecular flexibility index (Phi) is 6.48. The van der Waals surface area contributed by atoms with Gasteiger partial charge in [0.05, 0.1) is 31.8 Å². The zero-order chi connectivity index (χ0) is 21.2. The Morgan fingerprint density at radius 1 is 1.28 bits per heavy atom. The summed E-state index contributed by atoms with van der Waals surface area (Å²) in [6.07, 6.45) is -0.133. The second kappa shape index (κ2) is 8.56. The lowest BCUT2D eigenvalue weighted by Gasteiger charge is -2.32. The van der Waals surface area contributed by atoms with Crippen LogP contribution in [0.1, 0.15) is 13.3 Å². The molecule has 1 aromatic carbocycles. The summed E-state index contributed by atoms with van der Waals surface area (Å²) >= 11 is 0. The van der Waals surface area contributed by atoms with Crippen molar-refractivity contribution in [3.8, 4) is 5.75 Å². The number of amides is 1. The quantitative estimate of drug-likeness (QED) is 0.608. The summed E-state index contributed by atoms with van der Waals surface area (Å²) in [5, 5.41) is 0. The van der Waals surface area contributed by atoms with E-state index >= 15 is 0 Å². The minimum atomic E-state index is -4.01. The van der Waals surface area contributed by atoms with Gasteiger partial charge in [0.15, 0.2) is 0 Å². The monoisotopic (exact) mass is 447 g/mol. The van der Waals surface area contributed by atoms with Crippen LogP contribution >= 0.6 is 0 Å². The Labute approximate surface area is 170 Å². The average molecular weight is 448 g/mol. The van der Waals surface area contributed by atoms with Gasteiger partial charge in [-0.05, 0) is 25.1 Å². The van der Waals surface area contributed by atoms with Gasteiger partial charge in [0.2, 0.25) is 26.0 Å². The molecule has 3 rings (SSSR count). The summed E-state index contributed by atoms with van der Waals surface area (Å²) in [6, 6.07) is 3.80. The van der Waals surface area contributed by atoms with Gasteiger partial charge in [-0.25, -0.2) is 25.9 Å². The minimum absolute atomic E-state index is 0.0186.